The summed E-state index contributed by atoms with van der Waals surface area (Å²) in [6.07, 6.45) is -2.60. The molecule has 0 radical (unpaired) electrons. The maximum Gasteiger partial charge on any atom is 0.264 e. The predicted octanol–water partition coefficient (Wildman–Crippen LogP) is 2.86. The molecule has 0 spiro atoms. The highest BCUT2D eigenvalue weighted by atomic mass is 79.9. The number of hydrogen-bond acceptors (Lipinski definition) is 2. The second-order valence-corrected chi connectivity index (χ2v) is 4.80. The van der Waals surface area contributed by atoms with E-state index in [0.29, 0.717) is 30.8 Å². The summed E-state index contributed by atoms with van der Waals surface area (Å²) in [4.78, 5) is 13.7. The van der Waals surface area contributed by atoms with Gasteiger partial charge in [-0.25, -0.2) is 8.78 Å². The molecule has 6 heteroatoms. The Hall–Kier alpha value is -1.01. The zero-order valence-electron chi connectivity index (χ0n) is 9.54. The third kappa shape index (κ3) is 2.87. The van der Waals surface area contributed by atoms with Crippen molar-refractivity contribution in [2.45, 2.75) is 6.43 Å². The lowest BCUT2D eigenvalue weighted by molar-refractivity contribution is 0.0302. The van der Waals surface area contributed by atoms with Crippen LogP contribution >= 0.6 is 15.9 Å². The minimum atomic E-state index is -2.60. The summed E-state index contributed by atoms with van der Waals surface area (Å²) in [6, 6.07) is 4.27. The molecule has 0 atom stereocenters. The van der Waals surface area contributed by atoms with Crippen molar-refractivity contribution in [1.82, 2.24) is 4.90 Å². The van der Waals surface area contributed by atoms with Crippen LogP contribution in [0.1, 0.15) is 22.3 Å². The molecule has 3 nitrogen and oxygen atoms in total. The van der Waals surface area contributed by atoms with Crippen molar-refractivity contribution in [2.24, 2.45) is 0 Å². The fourth-order valence-corrected chi connectivity index (χ4v) is 2.21. The quantitative estimate of drug-likeness (QED) is 0.839. The summed E-state index contributed by atoms with van der Waals surface area (Å²) in [5, 5.41) is 0. The van der Waals surface area contributed by atoms with Crippen LogP contribution in [0.15, 0.2) is 22.7 Å². The number of carbonyl (C=O) groups is 1. The van der Waals surface area contributed by atoms with Crippen LogP contribution in [0.5, 0.6) is 0 Å². The normalized spacial score (nSPS) is 16.1. The van der Waals surface area contributed by atoms with E-state index in [1.807, 2.05) is 0 Å². The van der Waals surface area contributed by atoms with Gasteiger partial charge in [0.25, 0.3) is 12.3 Å². The van der Waals surface area contributed by atoms with Crippen LogP contribution in [-0.4, -0.2) is 37.1 Å². The van der Waals surface area contributed by atoms with Crippen molar-refractivity contribution in [2.75, 3.05) is 26.3 Å². The first-order chi connectivity index (χ1) is 8.59. The molecule has 1 fully saturated rings. The fourth-order valence-electron chi connectivity index (χ4n) is 1.79. The Kier molecular flexibility index (Phi) is 4.29. The predicted molar refractivity (Wildman–Crippen MR) is 65.8 cm³/mol. The van der Waals surface area contributed by atoms with Crippen molar-refractivity contribution in [3.8, 4) is 0 Å². The highest BCUT2D eigenvalue weighted by Crippen LogP contribution is 2.28. The van der Waals surface area contributed by atoms with Crippen molar-refractivity contribution in [1.29, 1.82) is 0 Å². The van der Waals surface area contributed by atoms with E-state index in [2.05, 4.69) is 15.9 Å². The maximum absolute atomic E-state index is 12.7. The zero-order chi connectivity index (χ0) is 13.1. The SMILES string of the molecule is O=C(c1ccc(Br)c(C(F)F)c1)N1CCOCC1. The number of rotatable bonds is 2. The molecular formula is C12H12BrF2NO2. The van der Waals surface area contributed by atoms with E-state index in [-0.39, 0.29) is 17.0 Å². The highest BCUT2D eigenvalue weighted by molar-refractivity contribution is 9.10. The monoisotopic (exact) mass is 319 g/mol. The number of hydrogen-bond donors (Lipinski definition) is 0. The molecule has 0 N–H and O–H groups in total. The summed E-state index contributed by atoms with van der Waals surface area (Å²) in [6.45, 7) is 1.98. The summed E-state index contributed by atoms with van der Waals surface area (Å²) < 4.78 is 30.9. The van der Waals surface area contributed by atoms with Crippen LogP contribution in [0.3, 0.4) is 0 Å². The molecule has 2 rings (SSSR count). The molecule has 0 unspecified atom stereocenters. The molecule has 1 aromatic rings. The summed E-state index contributed by atoms with van der Waals surface area (Å²) in [7, 11) is 0. The molecule has 0 saturated carbocycles. The van der Waals surface area contributed by atoms with Gasteiger partial charge in [-0.15, -0.1) is 0 Å². The molecular weight excluding hydrogens is 308 g/mol. The van der Waals surface area contributed by atoms with Gasteiger partial charge in [0.1, 0.15) is 0 Å². The first-order valence-corrected chi connectivity index (χ1v) is 6.33. The average molecular weight is 320 g/mol. The Morgan fingerprint density at radius 1 is 1.33 bits per heavy atom. The number of halogens is 3. The first kappa shape index (κ1) is 13.4. The maximum atomic E-state index is 12.7. The Bertz CT molecular complexity index is 448. The second kappa shape index (κ2) is 5.75. The molecule has 0 bridgehead atoms. The van der Waals surface area contributed by atoms with Gasteiger partial charge in [-0.3, -0.25) is 4.79 Å². The second-order valence-electron chi connectivity index (χ2n) is 3.94. The number of benzene rings is 1. The molecule has 1 aromatic carbocycles. The van der Waals surface area contributed by atoms with Gasteiger partial charge in [0.05, 0.1) is 13.2 Å². The standard InChI is InChI=1S/C12H12BrF2NO2/c13-10-2-1-8(7-9(10)11(14)15)12(17)16-3-5-18-6-4-16/h1-2,7,11H,3-6H2. The zero-order valence-corrected chi connectivity index (χ0v) is 11.1. The number of amides is 1. The number of alkyl halides is 2. The smallest absolute Gasteiger partial charge is 0.264 e. The van der Waals surface area contributed by atoms with Crippen molar-refractivity contribution < 1.29 is 18.3 Å². The fraction of sp³-hybridized carbons (Fsp3) is 0.417. The van der Waals surface area contributed by atoms with E-state index < -0.39 is 6.43 Å². The van der Waals surface area contributed by atoms with Gasteiger partial charge < -0.3 is 9.64 Å². The lowest BCUT2D eigenvalue weighted by atomic mass is 10.1. The lowest BCUT2D eigenvalue weighted by Gasteiger charge is -2.27. The van der Waals surface area contributed by atoms with E-state index in [9.17, 15) is 13.6 Å². The van der Waals surface area contributed by atoms with Gasteiger partial charge in [-0.2, -0.15) is 0 Å². The van der Waals surface area contributed by atoms with Gasteiger partial charge in [-0.05, 0) is 18.2 Å². The molecule has 1 amide bonds. The third-order valence-corrected chi connectivity index (χ3v) is 3.50. The lowest BCUT2D eigenvalue weighted by Crippen LogP contribution is -2.40. The van der Waals surface area contributed by atoms with Crippen molar-refractivity contribution in [3.63, 3.8) is 0 Å². The van der Waals surface area contributed by atoms with Gasteiger partial charge in [0.2, 0.25) is 0 Å². The van der Waals surface area contributed by atoms with Crippen LogP contribution in [0.25, 0.3) is 0 Å². The third-order valence-electron chi connectivity index (χ3n) is 2.78. The Labute approximate surface area is 112 Å². The summed E-state index contributed by atoms with van der Waals surface area (Å²) >= 11 is 3.05. The average Bonchev–Trinajstić information content (AvgIpc) is 2.39. The number of morpholine rings is 1. The van der Waals surface area contributed by atoms with Crippen LogP contribution in [-0.2, 0) is 4.74 Å². The van der Waals surface area contributed by atoms with Gasteiger partial charge in [0.15, 0.2) is 0 Å². The summed E-state index contributed by atoms with van der Waals surface area (Å²) in [5.74, 6) is -0.229. The minimum Gasteiger partial charge on any atom is -0.378 e. The minimum absolute atomic E-state index is 0.158. The Morgan fingerprint density at radius 2 is 2.00 bits per heavy atom. The first-order valence-electron chi connectivity index (χ1n) is 5.54. The Morgan fingerprint density at radius 3 is 2.61 bits per heavy atom. The van der Waals surface area contributed by atoms with E-state index in [1.54, 1.807) is 11.0 Å². The topological polar surface area (TPSA) is 29.5 Å². The van der Waals surface area contributed by atoms with E-state index >= 15 is 0 Å². The highest BCUT2D eigenvalue weighted by Gasteiger charge is 2.20. The molecule has 18 heavy (non-hydrogen) atoms. The van der Waals surface area contributed by atoms with Gasteiger partial charge >= 0.3 is 0 Å². The van der Waals surface area contributed by atoms with Crippen LogP contribution in [0.4, 0.5) is 8.78 Å². The molecule has 1 heterocycles. The van der Waals surface area contributed by atoms with Crippen LogP contribution in [0.2, 0.25) is 0 Å². The molecule has 1 aliphatic heterocycles. The molecule has 0 aliphatic carbocycles. The molecule has 1 aliphatic rings. The van der Waals surface area contributed by atoms with Gasteiger partial charge in [-0.1, -0.05) is 15.9 Å². The van der Waals surface area contributed by atoms with Crippen LogP contribution < -0.4 is 0 Å². The van der Waals surface area contributed by atoms with Crippen LogP contribution in [0, 0.1) is 0 Å². The van der Waals surface area contributed by atoms with Crippen molar-refractivity contribution >= 4 is 21.8 Å². The van der Waals surface area contributed by atoms with Gasteiger partial charge in [0, 0.05) is 28.7 Å². The van der Waals surface area contributed by atoms with E-state index in [4.69, 9.17) is 4.74 Å². The van der Waals surface area contributed by atoms with E-state index in [1.165, 1.54) is 12.1 Å². The molecule has 1 saturated heterocycles. The largest absolute Gasteiger partial charge is 0.378 e. The van der Waals surface area contributed by atoms with Crippen molar-refractivity contribution in [3.05, 3.63) is 33.8 Å². The molecule has 98 valence electrons. The summed E-state index contributed by atoms with van der Waals surface area (Å²) in [5.41, 5.74) is 0.129. The molecule has 0 aromatic heterocycles. The Balaban J connectivity index is 2.22. The number of nitrogens with zero attached hydrogens (tertiary/aromatic N) is 1. The number of ether oxygens (including phenoxy) is 1. The number of carbonyl (C=O) groups excluding carboxylic acids is 1. The van der Waals surface area contributed by atoms with E-state index in [0.717, 1.165) is 0 Å².